The van der Waals surface area contributed by atoms with Gasteiger partial charge in [0.2, 0.25) is 0 Å². The van der Waals surface area contributed by atoms with Crippen LogP contribution in [0.5, 0.6) is 0 Å². The Morgan fingerprint density at radius 2 is 2.00 bits per heavy atom. The number of aliphatic hydroxyl groups excluding tert-OH is 1. The summed E-state index contributed by atoms with van der Waals surface area (Å²) in [5.41, 5.74) is 2.21. The highest BCUT2D eigenvalue weighted by Crippen LogP contribution is 2.27. The van der Waals surface area contributed by atoms with Crippen LogP contribution in [0.3, 0.4) is 0 Å². The number of fused-ring (bicyclic) bond motifs is 1. The van der Waals surface area contributed by atoms with Crippen molar-refractivity contribution in [3.63, 3.8) is 0 Å². The number of hydrogen-bond donors (Lipinski definition) is 2. The highest BCUT2D eigenvalue weighted by atomic mass is 16.3. The van der Waals surface area contributed by atoms with Gasteiger partial charge in [-0.05, 0) is 18.4 Å². The molecule has 1 unspecified atom stereocenters. The molecule has 1 heterocycles. The average molecular weight is 289 g/mol. The van der Waals surface area contributed by atoms with Crippen LogP contribution >= 0.6 is 0 Å². The van der Waals surface area contributed by atoms with Gasteiger partial charge >= 0.3 is 0 Å². The van der Waals surface area contributed by atoms with Crippen LogP contribution in [0, 0.1) is 5.92 Å². The minimum absolute atomic E-state index is 0.123. The van der Waals surface area contributed by atoms with Gasteiger partial charge in [0.25, 0.3) is 0 Å². The van der Waals surface area contributed by atoms with Crippen molar-refractivity contribution in [2.75, 3.05) is 6.61 Å². The van der Waals surface area contributed by atoms with Crippen LogP contribution in [0.1, 0.15) is 44.9 Å². The maximum absolute atomic E-state index is 9.46. The molecule has 1 atom stereocenters. The summed E-state index contributed by atoms with van der Waals surface area (Å²) >= 11 is 0. The van der Waals surface area contributed by atoms with Crippen LogP contribution in [0.4, 0.5) is 0 Å². The summed E-state index contributed by atoms with van der Waals surface area (Å²) in [6.07, 6.45) is 3.28. The summed E-state index contributed by atoms with van der Waals surface area (Å²) in [6, 6.07) is 8.33. The molecule has 2 rings (SSSR count). The predicted molar refractivity (Wildman–Crippen MR) is 87.4 cm³/mol. The first kappa shape index (κ1) is 16.1. The molecule has 2 aromatic rings. The van der Waals surface area contributed by atoms with Gasteiger partial charge in [0, 0.05) is 30.0 Å². The number of furan rings is 1. The van der Waals surface area contributed by atoms with E-state index in [9.17, 15) is 5.11 Å². The summed E-state index contributed by atoms with van der Waals surface area (Å²) < 4.78 is 6.03. The summed E-state index contributed by atoms with van der Waals surface area (Å²) in [5.74, 6) is 1.50. The van der Waals surface area contributed by atoms with Crippen LogP contribution in [0.2, 0.25) is 0 Å². The molecular formula is C18H27NO2. The van der Waals surface area contributed by atoms with Crippen LogP contribution in [-0.2, 0) is 13.0 Å². The van der Waals surface area contributed by atoms with Gasteiger partial charge in [-0.1, -0.05) is 45.4 Å². The first-order valence-corrected chi connectivity index (χ1v) is 8.00. The number of unbranched alkanes of at least 4 members (excludes halogenated alkanes) is 1. The molecule has 3 nitrogen and oxygen atoms in total. The molecule has 0 bridgehead atoms. The molecule has 0 aliphatic rings. The van der Waals surface area contributed by atoms with Crippen molar-refractivity contribution in [1.29, 1.82) is 0 Å². The summed E-state index contributed by atoms with van der Waals surface area (Å²) in [4.78, 5) is 0. The van der Waals surface area contributed by atoms with E-state index in [-0.39, 0.29) is 12.6 Å². The number of para-hydroxylation sites is 1. The molecule has 0 saturated carbocycles. The lowest BCUT2D eigenvalue weighted by Gasteiger charge is -2.20. The first-order valence-electron chi connectivity index (χ1n) is 8.00. The van der Waals surface area contributed by atoms with Crippen molar-refractivity contribution in [1.82, 2.24) is 5.32 Å². The molecule has 0 amide bonds. The predicted octanol–water partition coefficient (Wildman–Crippen LogP) is 3.88. The Morgan fingerprint density at radius 1 is 1.24 bits per heavy atom. The second kappa shape index (κ2) is 7.62. The zero-order valence-electron chi connectivity index (χ0n) is 13.4. The molecule has 0 saturated heterocycles. The van der Waals surface area contributed by atoms with E-state index in [1.165, 1.54) is 10.9 Å². The second-order valence-electron chi connectivity index (χ2n) is 6.02. The molecule has 0 spiro atoms. The molecule has 0 fully saturated rings. The monoisotopic (exact) mass is 289 g/mol. The summed E-state index contributed by atoms with van der Waals surface area (Å²) in [7, 11) is 0. The molecule has 116 valence electrons. The van der Waals surface area contributed by atoms with Gasteiger partial charge in [-0.25, -0.2) is 0 Å². The summed E-state index contributed by atoms with van der Waals surface area (Å²) in [5, 5.41) is 14.1. The number of rotatable bonds is 8. The average Bonchev–Trinajstić information content (AvgIpc) is 2.83. The van der Waals surface area contributed by atoms with Crippen LogP contribution in [0.25, 0.3) is 11.0 Å². The minimum atomic E-state index is 0.123. The molecule has 1 aromatic carbocycles. The van der Waals surface area contributed by atoms with E-state index in [4.69, 9.17) is 4.42 Å². The third-order valence-electron chi connectivity index (χ3n) is 4.08. The third-order valence-corrected chi connectivity index (χ3v) is 4.08. The van der Waals surface area contributed by atoms with Crippen molar-refractivity contribution < 1.29 is 9.52 Å². The number of aliphatic hydroxyl groups is 1. The Kier molecular flexibility index (Phi) is 5.83. The fourth-order valence-corrected chi connectivity index (χ4v) is 2.63. The van der Waals surface area contributed by atoms with Crippen molar-refractivity contribution in [3.8, 4) is 0 Å². The SMILES string of the molecule is CCCCc1oc2ccccc2c1CNC(CO)C(C)C. The standard InChI is InChI=1S/C18H27NO2/c1-4-5-9-18-15(11-19-16(12-20)13(2)3)14-8-6-7-10-17(14)21-18/h6-8,10,13,16,19-20H,4-5,9,11-12H2,1-3H3. The first-order chi connectivity index (χ1) is 10.2. The lowest BCUT2D eigenvalue weighted by molar-refractivity contribution is 0.210. The molecule has 0 aliphatic carbocycles. The number of hydrogen-bond acceptors (Lipinski definition) is 3. The normalized spacial score (nSPS) is 13.2. The van der Waals surface area contributed by atoms with Crippen molar-refractivity contribution in [3.05, 3.63) is 35.6 Å². The Hall–Kier alpha value is -1.32. The molecule has 21 heavy (non-hydrogen) atoms. The second-order valence-corrected chi connectivity index (χ2v) is 6.02. The fraction of sp³-hybridized carbons (Fsp3) is 0.556. The van der Waals surface area contributed by atoms with Crippen LogP contribution < -0.4 is 5.32 Å². The highest BCUT2D eigenvalue weighted by molar-refractivity contribution is 5.82. The molecule has 0 radical (unpaired) electrons. The maximum atomic E-state index is 9.46. The van der Waals surface area contributed by atoms with E-state index in [2.05, 4.69) is 38.2 Å². The Morgan fingerprint density at radius 3 is 2.67 bits per heavy atom. The van der Waals surface area contributed by atoms with Crippen LogP contribution in [0.15, 0.2) is 28.7 Å². The smallest absolute Gasteiger partial charge is 0.134 e. The number of benzene rings is 1. The Bertz CT molecular complexity index is 559. The maximum Gasteiger partial charge on any atom is 0.134 e. The van der Waals surface area contributed by atoms with Gasteiger partial charge in [0.1, 0.15) is 11.3 Å². The van der Waals surface area contributed by atoms with Gasteiger partial charge in [0.15, 0.2) is 0 Å². The van der Waals surface area contributed by atoms with E-state index >= 15 is 0 Å². The topological polar surface area (TPSA) is 45.4 Å². The van der Waals surface area contributed by atoms with E-state index in [1.807, 2.05) is 12.1 Å². The zero-order valence-corrected chi connectivity index (χ0v) is 13.4. The molecule has 1 aromatic heterocycles. The fourth-order valence-electron chi connectivity index (χ4n) is 2.63. The van der Waals surface area contributed by atoms with Gasteiger partial charge < -0.3 is 14.8 Å². The van der Waals surface area contributed by atoms with Gasteiger partial charge in [0.05, 0.1) is 6.61 Å². The molecule has 3 heteroatoms. The van der Waals surface area contributed by atoms with E-state index in [0.29, 0.717) is 5.92 Å². The largest absolute Gasteiger partial charge is 0.461 e. The lowest BCUT2D eigenvalue weighted by atomic mass is 10.0. The van der Waals surface area contributed by atoms with Crippen LogP contribution in [-0.4, -0.2) is 17.8 Å². The Balaban J connectivity index is 2.22. The van der Waals surface area contributed by atoms with Gasteiger partial charge in [-0.3, -0.25) is 0 Å². The van der Waals surface area contributed by atoms with Crippen molar-refractivity contribution in [2.45, 2.75) is 52.6 Å². The quantitative estimate of drug-likeness (QED) is 0.775. The molecule has 2 N–H and O–H groups in total. The van der Waals surface area contributed by atoms with Gasteiger partial charge in [-0.2, -0.15) is 0 Å². The highest BCUT2D eigenvalue weighted by Gasteiger charge is 2.16. The minimum Gasteiger partial charge on any atom is -0.461 e. The molecular weight excluding hydrogens is 262 g/mol. The zero-order chi connectivity index (χ0) is 15.2. The van der Waals surface area contributed by atoms with E-state index < -0.39 is 0 Å². The number of aryl methyl sites for hydroxylation is 1. The molecule has 0 aliphatic heterocycles. The lowest BCUT2D eigenvalue weighted by Crippen LogP contribution is -2.36. The summed E-state index contributed by atoms with van der Waals surface area (Å²) in [6.45, 7) is 7.36. The van der Waals surface area contributed by atoms with Gasteiger partial charge in [-0.15, -0.1) is 0 Å². The van der Waals surface area contributed by atoms with E-state index in [0.717, 1.165) is 37.2 Å². The van der Waals surface area contributed by atoms with Crippen molar-refractivity contribution in [2.24, 2.45) is 5.92 Å². The Labute approximate surface area is 127 Å². The van der Waals surface area contributed by atoms with Crippen molar-refractivity contribution >= 4 is 11.0 Å². The third kappa shape index (κ3) is 3.86. The van der Waals surface area contributed by atoms with E-state index in [1.54, 1.807) is 0 Å². The number of nitrogens with one attached hydrogen (secondary N) is 1.